The first-order valence-corrected chi connectivity index (χ1v) is 14.3. The lowest BCUT2D eigenvalue weighted by Gasteiger charge is -2.33. The van der Waals surface area contributed by atoms with Crippen molar-refractivity contribution in [2.24, 2.45) is 0 Å². The Labute approximate surface area is 249 Å². The molecule has 232 valence electrons. The normalized spacial score (nSPS) is 16.6. The van der Waals surface area contributed by atoms with E-state index in [0.29, 0.717) is 36.8 Å². The summed E-state index contributed by atoms with van der Waals surface area (Å²) in [4.78, 5) is 60.8. The number of aromatic nitrogens is 3. The highest BCUT2D eigenvalue weighted by molar-refractivity contribution is 6.00. The Bertz CT molecular complexity index is 1790. The average Bonchev–Trinajstić information content (AvgIpc) is 3.39. The van der Waals surface area contributed by atoms with Gasteiger partial charge in [-0.2, -0.15) is 0 Å². The van der Waals surface area contributed by atoms with Crippen LogP contribution in [0.5, 0.6) is 0 Å². The highest BCUT2D eigenvalue weighted by atomic mass is 19.1. The van der Waals surface area contributed by atoms with Crippen LogP contribution in [0.3, 0.4) is 0 Å². The lowest BCUT2D eigenvalue weighted by Crippen LogP contribution is -2.48. The van der Waals surface area contributed by atoms with Gasteiger partial charge in [0.05, 0.1) is 46.3 Å². The van der Waals surface area contributed by atoms with Crippen LogP contribution in [0.1, 0.15) is 48.9 Å². The average molecular weight is 609 g/mol. The summed E-state index contributed by atoms with van der Waals surface area (Å²) >= 11 is 0. The van der Waals surface area contributed by atoms with E-state index in [-0.39, 0.29) is 59.3 Å². The standard InChI is InChI=1S/C30H33FN6O7/c31-18-4-3-5-20-24(18)26(32)25(29(42)36-20)27-34-19-8-7-15(12-21(19)35-27)28(41)33-10-9-16(38)13-17(39)14-23(40)37-11-2-1-6-22(37)30(43)44/h3-5,7-8,12,16-17,22,38-39H,1-2,6,9-11,13-14H2,(H,33,41)(H,34,35)(H,43,44)(H3,32,36,42)/t16-,17-,22?/m1/s1. The third kappa shape index (κ3) is 6.40. The SMILES string of the molecule is Nc1c(-c2nc3ccc(C(=O)NCC[C@@H](O)C[C@@H](O)CC(=O)N4CCCCC4C(=O)O)cc3[nH]2)c(=O)[nH]c2cccc(F)c12. The first-order valence-electron chi connectivity index (χ1n) is 14.3. The minimum Gasteiger partial charge on any atom is -0.480 e. The summed E-state index contributed by atoms with van der Waals surface area (Å²) in [5, 5.41) is 32.8. The quantitative estimate of drug-likeness (QED) is 0.140. The van der Waals surface area contributed by atoms with Crippen molar-refractivity contribution in [2.45, 2.75) is 56.8 Å². The van der Waals surface area contributed by atoms with E-state index in [1.54, 1.807) is 12.1 Å². The zero-order chi connectivity index (χ0) is 31.5. The number of nitrogens with zero attached hydrogens (tertiary/aromatic N) is 2. The van der Waals surface area contributed by atoms with Crippen molar-refractivity contribution in [3.8, 4) is 11.4 Å². The number of anilines is 1. The van der Waals surface area contributed by atoms with Crippen molar-refractivity contribution in [3.63, 3.8) is 0 Å². The number of likely N-dealkylation sites (tertiary alicyclic amines) is 1. The van der Waals surface area contributed by atoms with Crippen molar-refractivity contribution in [3.05, 3.63) is 58.1 Å². The Hall–Kier alpha value is -4.82. The molecule has 8 N–H and O–H groups in total. The molecule has 2 amide bonds. The Morgan fingerprint density at radius 2 is 1.91 bits per heavy atom. The Morgan fingerprint density at radius 3 is 2.68 bits per heavy atom. The minimum absolute atomic E-state index is 0.0275. The number of nitrogen functional groups attached to an aromatic ring is 1. The number of aliphatic carboxylic acids is 1. The monoisotopic (exact) mass is 608 g/mol. The number of halogens is 1. The van der Waals surface area contributed by atoms with E-state index in [1.807, 2.05) is 0 Å². The van der Waals surface area contributed by atoms with E-state index < -0.39 is 47.4 Å². The van der Waals surface area contributed by atoms with Gasteiger partial charge in [0.2, 0.25) is 5.91 Å². The number of aliphatic hydroxyl groups excluding tert-OH is 2. The second-order valence-electron chi connectivity index (χ2n) is 11.0. The third-order valence-corrected chi connectivity index (χ3v) is 7.83. The van der Waals surface area contributed by atoms with E-state index in [0.717, 1.165) is 0 Å². The summed E-state index contributed by atoms with van der Waals surface area (Å²) in [7, 11) is 0. The number of hydrogen-bond acceptors (Lipinski definition) is 8. The molecule has 1 unspecified atom stereocenters. The van der Waals surface area contributed by atoms with Gasteiger partial charge in [0, 0.05) is 18.7 Å². The fourth-order valence-corrected chi connectivity index (χ4v) is 5.61. The van der Waals surface area contributed by atoms with Gasteiger partial charge in [-0.05, 0) is 62.4 Å². The number of carbonyl (C=O) groups excluding carboxylic acids is 2. The topological polar surface area (TPSA) is 215 Å². The number of H-pyrrole nitrogens is 2. The number of carbonyl (C=O) groups is 3. The van der Waals surface area contributed by atoms with Crippen LogP contribution in [0.25, 0.3) is 33.3 Å². The predicted octanol–water partition coefficient (Wildman–Crippen LogP) is 1.88. The minimum atomic E-state index is -1.16. The number of hydrogen-bond donors (Lipinski definition) is 7. The second kappa shape index (κ2) is 12.8. The van der Waals surface area contributed by atoms with Crippen molar-refractivity contribution in [1.82, 2.24) is 25.2 Å². The zero-order valence-corrected chi connectivity index (χ0v) is 23.7. The number of fused-ring (bicyclic) bond motifs is 2. The van der Waals surface area contributed by atoms with Crippen LogP contribution in [-0.4, -0.2) is 84.3 Å². The molecule has 1 aliphatic rings. The maximum atomic E-state index is 14.5. The van der Waals surface area contributed by atoms with Gasteiger partial charge in [0.15, 0.2) is 0 Å². The fraction of sp³-hybridized carbons (Fsp3) is 0.367. The van der Waals surface area contributed by atoms with Gasteiger partial charge in [-0.15, -0.1) is 0 Å². The number of nitrogens with one attached hydrogen (secondary N) is 3. The summed E-state index contributed by atoms with van der Waals surface area (Å²) < 4.78 is 14.5. The molecule has 4 aromatic rings. The van der Waals surface area contributed by atoms with Gasteiger partial charge in [-0.25, -0.2) is 14.2 Å². The first-order chi connectivity index (χ1) is 21.0. The maximum Gasteiger partial charge on any atom is 0.326 e. The number of rotatable bonds is 10. The Morgan fingerprint density at radius 1 is 1.11 bits per heavy atom. The molecule has 0 spiro atoms. The maximum absolute atomic E-state index is 14.5. The van der Waals surface area contributed by atoms with Crippen LogP contribution in [0.15, 0.2) is 41.2 Å². The van der Waals surface area contributed by atoms with Gasteiger partial charge >= 0.3 is 5.97 Å². The molecular formula is C30H33FN6O7. The summed E-state index contributed by atoms with van der Waals surface area (Å²) in [5.41, 5.74) is 6.94. The molecular weight excluding hydrogens is 575 g/mol. The predicted molar refractivity (Wildman–Crippen MR) is 159 cm³/mol. The van der Waals surface area contributed by atoms with Crippen molar-refractivity contribution in [2.75, 3.05) is 18.8 Å². The second-order valence-corrected chi connectivity index (χ2v) is 11.0. The van der Waals surface area contributed by atoms with Crippen molar-refractivity contribution < 1.29 is 34.1 Å². The number of amides is 2. The van der Waals surface area contributed by atoms with Crippen LogP contribution in [0.4, 0.5) is 10.1 Å². The van der Waals surface area contributed by atoms with Crippen LogP contribution in [-0.2, 0) is 9.59 Å². The number of piperidine rings is 1. The summed E-state index contributed by atoms with van der Waals surface area (Å²) in [6.45, 7) is 0.396. The molecule has 1 fully saturated rings. The number of pyridine rings is 1. The van der Waals surface area contributed by atoms with E-state index in [4.69, 9.17) is 5.73 Å². The molecule has 1 saturated heterocycles. The van der Waals surface area contributed by atoms with Crippen LogP contribution in [0.2, 0.25) is 0 Å². The summed E-state index contributed by atoms with van der Waals surface area (Å²) in [6.07, 6.45) is -0.702. The Kier molecular flexibility index (Phi) is 8.92. The number of aromatic amines is 2. The molecule has 3 atom stereocenters. The molecule has 2 aromatic carbocycles. The van der Waals surface area contributed by atoms with Gasteiger partial charge < -0.3 is 41.2 Å². The smallest absolute Gasteiger partial charge is 0.326 e. The lowest BCUT2D eigenvalue weighted by molar-refractivity contribution is -0.153. The number of benzene rings is 2. The van der Waals surface area contributed by atoms with Crippen molar-refractivity contribution in [1.29, 1.82) is 0 Å². The van der Waals surface area contributed by atoms with E-state index in [9.17, 15) is 38.9 Å². The largest absolute Gasteiger partial charge is 0.480 e. The molecule has 0 radical (unpaired) electrons. The molecule has 0 saturated carbocycles. The number of carboxylic acids is 1. The zero-order valence-electron chi connectivity index (χ0n) is 23.7. The lowest BCUT2D eigenvalue weighted by atomic mass is 10.00. The molecule has 0 aliphatic carbocycles. The molecule has 2 aromatic heterocycles. The van der Waals surface area contributed by atoms with Crippen LogP contribution in [0, 0.1) is 5.82 Å². The number of aliphatic hydroxyl groups is 2. The number of nitrogens with two attached hydrogens (primary N) is 1. The van der Waals surface area contributed by atoms with Gasteiger partial charge in [-0.3, -0.25) is 14.4 Å². The van der Waals surface area contributed by atoms with E-state index >= 15 is 0 Å². The third-order valence-electron chi connectivity index (χ3n) is 7.83. The van der Waals surface area contributed by atoms with E-state index in [1.165, 1.54) is 29.2 Å². The molecule has 1 aliphatic heterocycles. The molecule has 14 heteroatoms. The fourth-order valence-electron chi connectivity index (χ4n) is 5.61. The molecule has 13 nitrogen and oxygen atoms in total. The Balaban J connectivity index is 1.17. The molecule has 3 heterocycles. The van der Waals surface area contributed by atoms with Gasteiger partial charge in [0.25, 0.3) is 11.5 Å². The molecule has 44 heavy (non-hydrogen) atoms. The molecule has 5 rings (SSSR count). The number of imidazole rings is 1. The van der Waals surface area contributed by atoms with E-state index in [2.05, 4.69) is 20.3 Å². The van der Waals surface area contributed by atoms with Gasteiger partial charge in [0.1, 0.15) is 23.2 Å². The van der Waals surface area contributed by atoms with Crippen LogP contribution < -0.4 is 16.6 Å². The summed E-state index contributed by atoms with van der Waals surface area (Å²) in [6, 6.07) is 7.98. The highest BCUT2D eigenvalue weighted by Crippen LogP contribution is 2.30. The van der Waals surface area contributed by atoms with Gasteiger partial charge in [-0.1, -0.05) is 6.07 Å². The van der Waals surface area contributed by atoms with Crippen LogP contribution >= 0.6 is 0 Å². The highest BCUT2D eigenvalue weighted by Gasteiger charge is 2.32. The summed E-state index contributed by atoms with van der Waals surface area (Å²) in [5.74, 6) is -2.46. The first kappa shape index (κ1) is 30.6. The molecule has 0 bridgehead atoms. The van der Waals surface area contributed by atoms with Crippen molar-refractivity contribution >= 4 is 45.4 Å². The number of carboxylic acid groups (broad SMARTS) is 1.